The van der Waals surface area contributed by atoms with E-state index in [9.17, 15) is 25.2 Å². The molecule has 352 valence electrons. The van der Waals surface area contributed by atoms with Gasteiger partial charge in [-0.25, -0.2) is 0 Å². The molecule has 4 aromatic carbocycles. The van der Waals surface area contributed by atoms with Gasteiger partial charge in [-0.1, -0.05) is 80.4 Å². The van der Waals surface area contributed by atoms with E-state index in [4.69, 9.17) is 57.4 Å². The summed E-state index contributed by atoms with van der Waals surface area (Å²) < 4.78 is 29.2. The Hall–Kier alpha value is -4.57. The summed E-state index contributed by atoms with van der Waals surface area (Å²) in [4.78, 5) is 11.9. The third kappa shape index (κ3) is 12.2. The van der Waals surface area contributed by atoms with Gasteiger partial charge in [0.2, 0.25) is 12.2 Å². The number of benzene rings is 4. The molecule has 8 rings (SSSR count). The minimum Gasteiger partial charge on any atom is -0.870 e. The normalized spacial score (nSPS) is 28.1. The van der Waals surface area contributed by atoms with Gasteiger partial charge in [-0.05, 0) is 95.0 Å². The molecule has 0 radical (unpaired) electrons. The van der Waals surface area contributed by atoms with Gasteiger partial charge in [-0.15, -0.1) is 0 Å². The second kappa shape index (κ2) is 23.6. The van der Waals surface area contributed by atoms with Crippen molar-refractivity contribution in [3.8, 4) is 23.6 Å². The Bertz CT molecular complexity index is 2440. The Morgan fingerprint density at radius 1 is 0.731 bits per heavy atom. The van der Waals surface area contributed by atoms with Crippen LogP contribution < -0.4 is 39.0 Å². The van der Waals surface area contributed by atoms with Crippen LogP contribution in [0.25, 0.3) is 0 Å². The summed E-state index contributed by atoms with van der Waals surface area (Å²) in [6.07, 6.45) is -5.73. The quantitative estimate of drug-likeness (QED) is 0.104. The maximum absolute atomic E-state index is 11.9. The molecule has 0 aliphatic carbocycles. The van der Waals surface area contributed by atoms with Crippen LogP contribution >= 0.6 is 23.2 Å². The van der Waals surface area contributed by atoms with Gasteiger partial charge in [-0.3, -0.25) is 4.79 Å². The minimum absolute atomic E-state index is 0. The number of fused-ring (bicyclic) bond motifs is 2. The number of carbonyl (C=O) groups is 1. The first-order valence-electron chi connectivity index (χ1n) is 21.8. The summed E-state index contributed by atoms with van der Waals surface area (Å²) >= 11 is 13.0. The summed E-state index contributed by atoms with van der Waals surface area (Å²) in [6.45, 7) is 8.23. The molecule has 15 nitrogen and oxygen atoms in total. The molecule has 4 aliphatic rings. The molecule has 7 N–H and O–H groups in total. The molecular weight excluding hydrogens is 898 g/mol. The third-order valence-corrected chi connectivity index (χ3v) is 13.3. The fourth-order valence-electron chi connectivity index (χ4n) is 8.83. The molecule has 4 aromatic rings. The van der Waals surface area contributed by atoms with E-state index in [-0.39, 0.29) is 60.5 Å². The van der Waals surface area contributed by atoms with E-state index in [0.717, 1.165) is 45.6 Å². The van der Waals surface area contributed by atoms with Crippen LogP contribution in [-0.4, -0.2) is 100 Å². The van der Waals surface area contributed by atoms with Crippen LogP contribution in [0.2, 0.25) is 10.0 Å². The van der Waals surface area contributed by atoms with Gasteiger partial charge in [0.15, 0.2) is 0 Å². The summed E-state index contributed by atoms with van der Waals surface area (Å²) in [5.41, 5.74) is 6.97. The van der Waals surface area contributed by atoms with Gasteiger partial charge >= 0.3 is 24.8 Å². The van der Waals surface area contributed by atoms with E-state index in [1.807, 2.05) is 42.5 Å². The van der Waals surface area contributed by atoms with E-state index < -0.39 is 49.3 Å². The molecule has 0 saturated carbocycles. The molecule has 0 spiro atoms. The Kier molecular flexibility index (Phi) is 18.8. The number of nitriles is 2. The van der Waals surface area contributed by atoms with Crippen molar-refractivity contribution in [2.75, 3.05) is 30.3 Å². The number of carbonyl (C=O) groups excluding carboxylic acids is 1. The maximum Gasteiger partial charge on any atom is 1.00 e. The summed E-state index contributed by atoms with van der Waals surface area (Å²) in [5, 5.41) is 65.6. The Labute approximate surface area is 412 Å². The van der Waals surface area contributed by atoms with Crippen molar-refractivity contribution in [1.29, 1.82) is 10.5 Å². The summed E-state index contributed by atoms with van der Waals surface area (Å²) in [6, 6.07) is 26.8. The van der Waals surface area contributed by atoms with Crippen LogP contribution in [-0.2, 0) is 31.8 Å². The molecule has 2 fully saturated rings. The molecule has 0 aromatic heterocycles. The molecule has 0 bridgehead atoms. The fourth-order valence-corrected chi connectivity index (χ4v) is 9.20. The number of nitrogens with zero attached hydrogens (tertiary/aromatic N) is 2. The number of aliphatic hydroxyl groups excluding tert-OH is 4. The molecule has 67 heavy (non-hydrogen) atoms. The van der Waals surface area contributed by atoms with Crippen LogP contribution in [0.4, 0.5) is 11.4 Å². The molecule has 4 heterocycles. The van der Waals surface area contributed by atoms with Gasteiger partial charge in [0.25, 0.3) is 0 Å². The van der Waals surface area contributed by atoms with Crippen molar-refractivity contribution in [3.63, 3.8) is 0 Å². The zero-order valence-corrected chi connectivity index (χ0v) is 39.4. The predicted octanol–water partition coefficient (Wildman–Crippen LogP) is 3.65. The minimum atomic E-state index is -1.45. The Morgan fingerprint density at radius 3 is 1.69 bits per heavy atom. The average Bonchev–Trinajstić information content (AvgIpc) is 3.31. The third-order valence-electron chi connectivity index (χ3n) is 12.6. The van der Waals surface area contributed by atoms with Crippen LogP contribution in [0, 0.1) is 34.5 Å². The van der Waals surface area contributed by atoms with E-state index in [2.05, 4.69) is 49.6 Å². The number of esters is 1. The smallest absolute Gasteiger partial charge is 0.870 e. The van der Waals surface area contributed by atoms with Crippen molar-refractivity contribution in [2.45, 2.75) is 108 Å². The number of aliphatic hydroxyl groups is 4. The van der Waals surface area contributed by atoms with Crippen LogP contribution in [0.1, 0.15) is 79.7 Å². The van der Waals surface area contributed by atoms with Crippen molar-refractivity contribution in [3.05, 3.63) is 116 Å². The monoisotopic (exact) mass is 952 g/mol. The van der Waals surface area contributed by atoms with Crippen molar-refractivity contribution < 1.29 is 73.2 Å². The van der Waals surface area contributed by atoms with Crippen molar-refractivity contribution in [1.82, 2.24) is 0 Å². The zero-order chi connectivity index (χ0) is 46.5. The van der Waals surface area contributed by atoms with Gasteiger partial charge in [0, 0.05) is 22.9 Å². The molecular formula is C49H55Cl2LiN4O11. The van der Waals surface area contributed by atoms with E-state index in [1.165, 1.54) is 6.92 Å². The summed E-state index contributed by atoms with van der Waals surface area (Å²) in [5.74, 6) is 1.43. The Morgan fingerprint density at radius 2 is 1.22 bits per heavy atom. The number of hydrogen-bond acceptors (Lipinski definition) is 15. The molecule has 3 unspecified atom stereocenters. The van der Waals surface area contributed by atoms with Crippen molar-refractivity contribution in [2.24, 2.45) is 11.8 Å². The van der Waals surface area contributed by atoms with E-state index >= 15 is 0 Å². The first-order valence-corrected chi connectivity index (χ1v) is 22.5. The maximum atomic E-state index is 11.9. The van der Waals surface area contributed by atoms with Crippen LogP contribution in [0.5, 0.6) is 11.5 Å². The molecule has 2 saturated heterocycles. The molecule has 4 aliphatic heterocycles. The molecule has 12 atom stereocenters. The van der Waals surface area contributed by atoms with Crippen LogP contribution in [0.15, 0.2) is 72.8 Å². The van der Waals surface area contributed by atoms with Gasteiger partial charge in [-0.2, -0.15) is 10.5 Å². The van der Waals surface area contributed by atoms with Gasteiger partial charge < -0.3 is 60.2 Å². The molecule has 18 heteroatoms. The second-order valence-electron chi connectivity index (χ2n) is 17.0. The van der Waals surface area contributed by atoms with E-state index in [0.29, 0.717) is 53.0 Å². The predicted molar refractivity (Wildman–Crippen MR) is 245 cm³/mol. The number of ether oxygens (including phenoxy) is 5. The number of anilines is 2. The Balaban J connectivity index is 0.000000244. The fraction of sp³-hybridized carbons (Fsp3) is 0.449. The topological polar surface area (TPSA) is 246 Å². The number of halogens is 2. The van der Waals surface area contributed by atoms with Crippen molar-refractivity contribution >= 4 is 40.5 Å². The molecule has 0 amide bonds. The number of rotatable bonds is 9. The average molecular weight is 954 g/mol. The number of nitrogens with one attached hydrogen (secondary N) is 2. The SMILES string of the molecule is CC[C@H]1O[C@@H](c2ccc(Cl)c(Cc3ccc4c(c3)NCC(C#N)O4)c2)[C@H](OC(C)=O)[C@@H](C)C1C.N#CC1CNc2cc(Cc3cc([C@@H]4O[C@H](CO)[C@@H](O)[C@H](O)[C@H]4O)ccc3Cl)ccc2O1.[Li+].[OH-]. The van der Waals surface area contributed by atoms with Crippen LogP contribution in [0.3, 0.4) is 0 Å². The zero-order valence-electron chi connectivity index (χ0n) is 37.9. The first-order chi connectivity index (χ1) is 31.2. The standard InChI is InChI=1S/C27H31ClN2O4.C22H23ClN2O6.Li.H2O/c1-5-24-15(2)16(3)26(32-17(4)31)27(34-24)19-7-8-22(28)20(12-19)10-18-6-9-25-23(11-18)30-14-21(13-29)33-25;23-15-3-2-12(22-21(29)20(28)19(27)18(10-26)31-22)7-13(15)5-11-1-4-17-16(6-11)25-9-14(8-24)30-17;;/h6-9,11-12,15-16,21,24,26-27,30H,5,10,14H2,1-4H3;1-4,6-7,14,18-22,25-29H,5,9-10H2;;1H2/q;;+1;/p-1/t15?,16-,21?,24+,26+,27-;14?,18-,19-,20+,21-,22+;;/m01../s1. The van der Waals surface area contributed by atoms with Gasteiger partial charge in [0.1, 0.15) is 66.4 Å². The first kappa shape index (κ1) is 53.4. The van der Waals surface area contributed by atoms with E-state index in [1.54, 1.807) is 24.3 Å². The second-order valence-corrected chi connectivity index (χ2v) is 17.8. The largest absolute Gasteiger partial charge is 1.00 e. The number of hydrogen-bond donors (Lipinski definition) is 6. The van der Waals surface area contributed by atoms with Gasteiger partial charge in [0.05, 0.1) is 37.2 Å². The summed E-state index contributed by atoms with van der Waals surface area (Å²) in [7, 11) is 0.